The third kappa shape index (κ3) is 1.86. The van der Waals surface area contributed by atoms with Gasteiger partial charge >= 0.3 is 0 Å². The predicted octanol–water partition coefficient (Wildman–Crippen LogP) is -1.26. The van der Waals surface area contributed by atoms with Gasteiger partial charge in [0.05, 0.1) is 24.3 Å². The zero-order valence-corrected chi connectivity index (χ0v) is 10.6. The van der Waals surface area contributed by atoms with Crippen molar-refractivity contribution in [1.29, 1.82) is 0 Å². The van der Waals surface area contributed by atoms with Crippen LogP contribution in [0.4, 0.5) is 5.82 Å². The summed E-state index contributed by atoms with van der Waals surface area (Å²) >= 11 is 1.28. The molecule has 1 aliphatic heterocycles. The molecule has 102 valence electrons. The summed E-state index contributed by atoms with van der Waals surface area (Å²) in [5, 5.41) is 28.2. The second kappa shape index (κ2) is 4.60. The number of hydrogen-bond donors (Lipinski definition) is 4. The highest BCUT2D eigenvalue weighted by Gasteiger charge is 2.43. The SMILES string of the molecule is Nc1ncnc2c1ncn2[C@H]1S[C@@H](CO)[C@@H](O)[C@@H]1O. The van der Waals surface area contributed by atoms with Gasteiger partial charge < -0.3 is 21.1 Å². The van der Waals surface area contributed by atoms with Gasteiger partial charge in [-0.3, -0.25) is 4.57 Å². The first-order chi connectivity index (χ1) is 9.13. The lowest BCUT2D eigenvalue weighted by molar-refractivity contribution is 0.0113. The van der Waals surface area contributed by atoms with Crippen molar-refractivity contribution in [2.45, 2.75) is 22.8 Å². The second-order valence-electron chi connectivity index (χ2n) is 4.31. The lowest BCUT2D eigenvalue weighted by atomic mass is 10.1. The van der Waals surface area contributed by atoms with Crippen molar-refractivity contribution in [3.05, 3.63) is 12.7 Å². The molecule has 4 atom stereocenters. The maximum Gasteiger partial charge on any atom is 0.166 e. The van der Waals surface area contributed by atoms with Crippen LogP contribution in [0.25, 0.3) is 11.2 Å². The van der Waals surface area contributed by atoms with Crippen LogP contribution in [-0.4, -0.2) is 58.9 Å². The molecule has 2 aromatic heterocycles. The molecule has 9 heteroatoms. The maximum atomic E-state index is 10.1. The highest BCUT2D eigenvalue weighted by Crippen LogP contribution is 2.42. The molecular formula is C10H13N5O3S. The monoisotopic (exact) mass is 283 g/mol. The minimum Gasteiger partial charge on any atom is -0.395 e. The number of rotatable bonds is 2. The Hall–Kier alpha value is -1.42. The third-order valence-corrected chi connectivity index (χ3v) is 4.74. The van der Waals surface area contributed by atoms with Crippen LogP contribution in [0.5, 0.6) is 0 Å². The van der Waals surface area contributed by atoms with Crippen LogP contribution in [-0.2, 0) is 0 Å². The number of nitrogens with two attached hydrogens (primary N) is 1. The van der Waals surface area contributed by atoms with Crippen molar-refractivity contribution in [3.8, 4) is 0 Å². The summed E-state index contributed by atoms with van der Waals surface area (Å²) in [5.41, 5.74) is 6.65. The van der Waals surface area contributed by atoms with E-state index < -0.39 is 22.8 Å². The molecule has 0 unspecified atom stereocenters. The number of nitrogens with zero attached hydrogens (tertiary/aromatic N) is 4. The van der Waals surface area contributed by atoms with Crippen LogP contribution in [0.1, 0.15) is 5.37 Å². The van der Waals surface area contributed by atoms with Gasteiger partial charge in [-0.1, -0.05) is 0 Å². The van der Waals surface area contributed by atoms with Gasteiger partial charge in [0, 0.05) is 0 Å². The van der Waals surface area contributed by atoms with Crippen LogP contribution in [0.2, 0.25) is 0 Å². The first-order valence-electron chi connectivity index (χ1n) is 5.69. The van der Waals surface area contributed by atoms with Crippen molar-refractivity contribution < 1.29 is 15.3 Å². The average Bonchev–Trinajstić information content (AvgIpc) is 2.94. The predicted molar refractivity (Wildman–Crippen MR) is 69.3 cm³/mol. The molecule has 5 N–H and O–H groups in total. The Balaban J connectivity index is 2.04. The largest absolute Gasteiger partial charge is 0.395 e. The molecule has 0 bridgehead atoms. The normalized spacial score (nSPS) is 31.1. The van der Waals surface area contributed by atoms with Crippen LogP contribution in [0, 0.1) is 0 Å². The fraction of sp³-hybridized carbons (Fsp3) is 0.500. The van der Waals surface area contributed by atoms with E-state index in [2.05, 4.69) is 15.0 Å². The van der Waals surface area contributed by atoms with Crippen molar-refractivity contribution >= 4 is 28.7 Å². The molecule has 0 saturated carbocycles. The number of nitrogen functional groups attached to an aromatic ring is 1. The number of anilines is 1. The van der Waals surface area contributed by atoms with Gasteiger partial charge in [0.15, 0.2) is 11.5 Å². The fourth-order valence-corrected chi connectivity index (χ4v) is 3.54. The minimum absolute atomic E-state index is 0.205. The van der Waals surface area contributed by atoms with E-state index in [4.69, 9.17) is 10.8 Å². The Morgan fingerprint density at radius 1 is 1.26 bits per heavy atom. The molecule has 0 aromatic carbocycles. The van der Waals surface area contributed by atoms with E-state index in [0.29, 0.717) is 11.2 Å². The Morgan fingerprint density at radius 2 is 2.05 bits per heavy atom. The average molecular weight is 283 g/mol. The summed E-state index contributed by atoms with van der Waals surface area (Å²) in [6.45, 7) is -0.205. The molecular weight excluding hydrogens is 270 g/mol. The molecule has 3 rings (SSSR count). The van der Waals surface area contributed by atoms with Crippen molar-refractivity contribution in [3.63, 3.8) is 0 Å². The number of aliphatic hydroxyl groups excluding tert-OH is 3. The van der Waals surface area contributed by atoms with Crippen LogP contribution >= 0.6 is 11.8 Å². The number of aromatic nitrogens is 4. The van der Waals surface area contributed by atoms with E-state index in [1.54, 1.807) is 4.57 Å². The Kier molecular flexibility index (Phi) is 3.05. The lowest BCUT2D eigenvalue weighted by Gasteiger charge is -2.16. The molecule has 1 saturated heterocycles. The number of aliphatic hydroxyl groups is 3. The number of fused-ring (bicyclic) bond motifs is 1. The zero-order valence-electron chi connectivity index (χ0n) is 9.79. The molecule has 2 aromatic rings. The molecule has 0 amide bonds. The van der Waals surface area contributed by atoms with E-state index in [-0.39, 0.29) is 12.4 Å². The molecule has 0 radical (unpaired) electrons. The smallest absolute Gasteiger partial charge is 0.166 e. The Labute approximate surface area is 112 Å². The highest BCUT2D eigenvalue weighted by molar-refractivity contribution is 8.00. The van der Waals surface area contributed by atoms with Gasteiger partial charge in [-0.2, -0.15) is 0 Å². The Morgan fingerprint density at radius 3 is 2.74 bits per heavy atom. The summed E-state index contributed by atoms with van der Waals surface area (Å²) in [7, 11) is 0. The van der Waals surface area contributed by atoms with Gasteiger partial charge in [0.2, 0.25) is 0 Å². The molecule has 3 heterocycles. The molecule has 0 spiro atoms. The summed E-state index contributed by atoms with van der Waals surface area (Å²) in [6.07, 6.45) is 0.831. The first-order valence-corrected chi connectivity index (χ1v) is 6.63. The number of thioether (sulfide) groups is 1. The van der Waals surface area contributed by atoms with E-state index in [9.17, 15) is 10.2 Å². The van der Waals surface area contributed by atoms with Gasteiger partial charge in [0.1, 0.15) is 23.3 Å². The van der Waals surface area contributed by atoms with E-state index >= 15 is 0 Å². The van der Waals surface area contributed by atoms with Crippen LogP contribution < -0.4 is 5.73 Å². The van der Waals surface area contributed by atoms with Gasteiger partial charge in [-0.05, 0) is 0 Å². The fourth-order valence-electron chi connectivity index (χ4n) is 2.17. The molecule has 0 aliphatic carbocycles. The number of imidazole rings is 1. The second-order valence-corrected chi connectivity index (χ2v) is 5.67. The first kappa shape index (κ1) is 12.6. The summed E-state index contributed by atoms with van der Waals surface area (Å²) in [5.74, 6) is 0.264. The molecule has 1 aliphatic rings. The lowest BCUT2D eigenvalue weighted by Crippen LogP contribution is -2.32. The topological polar surface area (TPSA) is 130 Å². The highest BCUT2D eigenvalue weighted by atomic mass is 32.2. The summed E-state index contributed by atoms with van der Waals surface area (Å²) in [4.78, 5) is 12.1. The summed E-state index contributed by atoms with van der Waals surface area (Å²) in [6, 6.07) is 0. The molecule has 19 heavy (non-hydrogen) atoms. The van der Waals surface area contributed by atoms with E-state index in [1.165, 1.54) is 24.4 Å². The van der Waals surface area contributed by atoms with Gasteiger partial charge in [-0.25, -0.2) is 15.0 Å². The van der Waals surface area contributed by atoms with E-state index in [1.807, 2.05) is 0 Å². The van der Waals surface area contributed by atoms with Crippen molar-refractivity contribution in [2.24, 2.45) is 0 Å². The minimum atomic E-state index is -1.00. The van der Waals surface area contributed by atoms with Crippen molar-refractivity contribution in [2.75, 3.05) is 12.3 Å². The van der Waals surface area contributed by atoms with Crippen molar-refractivity contribution in [1.82, 2.24) is 19.5 Å². The standard InChI is InChI=1S/C10H13N5O3S/c11-8-5-9(13-2-12-8)15(3-14-5)10-7(18)6(17)4(1-16)19-10/h2-4,6-7,10,16-18H,1H2,(H2,11,12,13)/t4-,6+,7-,10-/m0/s1. The van der Waals surface area contributed by atoms with Gasteiger partial charge in [-0.15, -0.1) is 11.8 Å². The van der Waals surface area contributed by atoms with Crippen LogP contribution in [0.15, 0.2) is 12.7 Å². The van der Waals surface area contributed by atoms with Gasteiger partial charge in [0.25, 0.3) is 0 Å². The quantitative estimate of drug-likeness (QED) is 0.537. The molecule has 8 nitrogen and oxygen atoms in total. The summed E-state index contributed by atoms with van der Waals surface area (Å²) < 4.78 is 1.64. The molecule has 1 fully saturated rings. The zero-order chi connectivity index (χ0) is 13.6. The maximum absolute atomic E-state index is 10.1. The third-order valence-electron chi connectivity index (χ3n) is 3.18. The number of hydrogen-bond acceptors (Lipinski definition) is 8. The van der Waals surface area contributed by atoms with Crippen LogP contribution in [0.3, 0.4) is 0 Å². The Bertz CT molecular complexity index is 606. The van der Waals surface area contributed by atoms with E-state index in [0.717, 1.165) is 0 Å².